The summed E-state index contributed by atoms with van der Waals surface area (Å²) < 4.78 is 4.70. The van der Waals surface area contributed by atoms with E-state index in [-0.39, 0.29) is 5.97 Å². The number of hydrogen-bond donors (Lipinski definition) is 1. The first kappa shape index (κ1) is 8.74. The van der Waals surface area contributed by atoms with Gasteiger partial charge in [0.15, 0.2) is 0 Å². The van der Waals surface area contributed by atoms with E-state index in [1.54, 1.807) is 12.3 Å². The number of carbonyl (C=O) groups excluding carboxylic acids is 1. The fourth-order valence-corrected chi connectivity index (χ4v) is 1.51. The topological polar surface area (TPSA) is 55.0 Å². The summed E-state index contributed by atoms with van der Waals surface area (Å²) in [6, 6.07) is 3.64. The van der Waals surface area contributed by atoms with Gasteiger partial charge in [-0.1, -0.05) is 0 Å². The van der Waals surface area contributed by atoms with Gasteiger partial charge in [-0.05, 0) is 19.1 Å². The van der Waals surface area contributed by atoms with Crippen LogP contribution in [0.4, 0.5) is 0 Å². The Labute approximate surface area is 80.9 Å². The molecule has 0 amide bonds. The lowest BCUT2D eigenvalue weighted by molar-refractivity contribution is 0.0602. The third-order valence-corrected chi connectivity index (χ3v) is 2.15. The van der Waals surface area contributed by atoms with Crippen LogP contribution in [-0.4, -0.2) is 23.0 Å². The Morgan fingerprint density at radius 2 is 2.36 bits per heavy atom. The van der Waals surface area contributed by atoms with Crippen molar-refractivity contribution in [1.29, 1.82) is 0 Å². The highest BCUT2D eigenvalue weighted by Gasteiger charge is 2.16. The number of aromatic nitrogens is 2. The molecule has 0 fully saturated rings. The number of methoxy groups -OCH3 is 1. The number of aryl methyl sites for hydroxylation is 1. The van der Waals surface area contributed by atoms with E-state index in [9.17, 15) is 4.79 Å². The van der Waals surface area contributed by atoms with Gasteiger partial charge >= 0.3 is 5.97 Å². The number of fused-ring (bicyclic) bond motifs is 1. The van der Waals surface area contributed by atoms with Crippen molar-refractivity contribution in [2.45, 2.75) is 6.92 Å². The van der Waals surface area contributed by atoms with E-state index in [1.165, 1.54) is 7.11 Å². The molecule has 0 aliphatic heterocycles. The van der Waals surface area contributed by atoms with Gasteiger partial charge in [0, 0.05) is 17.3 Å². The minimum atomic E-state index is -0.332. The Morgan fingerprint density at radius 1 is 1.57 bits per heavy atom. The molecule has 2 aromatic rings. The Hall–Kier alpha value is -1.84. The predicted octanol–water partition coefficient (Wildman–Crippen LogP) is 1.66. The van der Waals surface area contributed by atoms with E-state index >= 15 is 0 Å². The molecule has 0 saturated heterocycles. The average Bonchev–Trinajstić information content (AvgIpc) is 2.53. The second-order valence-electron chi connectivity index (χ2n) is 3.02. The summed E-state index contributed by atoms with van der Waals surface area (Å²) in [7, 11) is 1.37. The number of carbonyl (C=O) groups is 1. The van der Waals surface area contributed by atoms with Gasteiger partial charge in [-0.25, -0.2) is 9.78 Å². The van der Waals surface area contributed by atoms with Crippen LogP contribution in [0, 0.1) is 6.92 Å². The molecule has 0 aromatic carbocycles. The van der Waals surface area contributed by atoms with E-state index in [1.807, 2.05) is 13.0 Å². The molecule has 0 bridgehead atoms. The van der Waals surface area contributed by atoms with Gasteiger partial charge in [0.1, 0.15) is 5.65 Å². The van der Waals surface area contributed by atoms with Crippen molar-refractivity contribution in [3.63, 3.8) is 0 Å². The van der Waals surface area contributed by atoms with Crippen molar-refractivity contribution < 1.29 is 9.53 Å². The Bertz CT molecular complexity index is 488. The molecule has 2 heterocycles. The predicted molar refractivity (Wildman–Crippen MR) is 52.2 cm³/mol. The van der Waals surface area contributed by atoms with Crippen LogP contribution in [0.25, 0.3) is 11.0 Å². The molecular formula is C10H10N2O2. The molecule has 72 valence electrons. The number of aromatic amines is 1. The summed E-state index contributed by atoms with van der Waals surface area (Å²) in [5, 5.41) is 0.803. The van der Waals surface area contributed by atoms with E-state index in [2.05, 4.69) is 9.97 Å². The van der Waals surface area contributed by atoms with Gasteiger partial charge in [0.2, 0.25) is 0 Å². The molecule has 4 nitrogen and oxygen atoms in total. The highest BCUT2D eigenvalue weighted by molar-refractivity contribution is 6.04. The summed E-state index contributed by atoms with van der Waals surface area (Å²) in [5.74, 6) is -0.332. The number of nitrogens with one attached hydrogen (secondary N) is 1. The molecule has 0 aliphatic carbocycles. The molecule has 0 radical (unpaired) electrons. The minimum absolute atomic E-state index is 0.332. The lowest BCUT2D eigenvalue weighted by Crippen LogP contribution is -2.01. The summed E-state index contributed by atoms with van der Waals surface area (Å²) in [6.07, 6.45) is 1.68. The van der Waals surface area contributed by atoms with Crippen LogP contribution in [0.5, 0.6) is 0 Å². The van der Waals surface area contributed by atoms with Crippen LogP contribution >= 0.6 is 0 Å². The van der Waals surface area contributed by atoms with Crippen LogP contribution in [0.15, 0.2) is 18.3 Å². The van der Waals surface area contributed by atoms with Crippen LogP contribution in [0.3, 0.4) is 0 Å². The second-order valence-corrected chi connectivity index (χ2v) is 3.02. The maximum absolute atomic E-state index is 11.4. The molecule has 0 unspecified atom stereocenters. The zero-order chi connectivity index (χ0) is 10.1. The third-order valence-electron chi connectivity index (χ3n) is 2.15. The fourth-order valence-electron chi connectivity index (χ4n) is 1.51. The molecule has 0 spiro atoms. The van der Waals surface area contributed by atoms with E-state index < -0.39 is 0 Å². The summed E-state index contributed by atoms with van der Waals surface area (Å²) in [4.78, 5) is 18.6. The van der Waals surface area contributed by atoms with Crippen LogP contribution in [0.1, 0.15) is 16.1 Å². The number of ether oxygens (including phenoxy) is 1. The first-order valence-electron chi connectivity index (χ1n) is 4.25. The zero-order valence-electron chi connectivity index (χ0n) is 8.00. The van der Waals surface area contributed by atoms with E-state index in [4.69, 9.17) is 4.74 Å². The molecule has 4 heteroatoms. The number of H-pyrrole nitrogens is 1. The third kappa shape index (κ3) is 1.16. The quantitative estimate of drug-likeness (QED) is 0.696. The Kier molecular flexibility index (Phi) is 1.96. The monoisotopic (exact) mass is 190 g/mol. The molecule has 1 N–H and O–H groups in total. The Morgan fingerprint density at radius 3 is 3.07 bits per heavy atom. The molecule has 2 aromatic heterocycles. The molecular weight excluding hydrogens is 180 g/mol. The number of hydrogen-bond acceptors (Lipinski definition) is 3. The van der Waals surface area contributed by atoms with Gasteiger partial charge in [0.25, 0.3) is 0 Å². The minimum Gasteiger partial charge on any atom is -0.465 e. The molecule has 14 heavy (non-hydrogen) atoms. The van der Waals surface area contributed by atoms with Crippen molar-refractivity contribution in [2.75, 3.05) is 7.11 Å². The molecule has 0 saturated carbocycles. The van der Waals surface area contributed by atoms with Crippen LogP contribution in [0.2, 0.25) is 0 Å². The number of rotatable bonds is 1. The first-order chi connectivity index (χ1) is 6.74. The lowest BCUT2D eigenvalue weighted by Gasteiger charge is -1.97. The Balaban J connectivity index is 2.74. The van der Waals surface area contributed by atoms with Crippen LogP contribution < -0.4 is 0 Å². The van der Waals surface area contributed by atoms with Gasteiger partial charge < -0.3 is 9.72 Å². The highest BCUT2D eigenvalue weighted by atomic mass is 16.5. The molecule has 0 atom stereocenters. The fraction of sp³-hybridized carbons (Fsp3) is 0.200. The van der Waals surface area contributed by atoms with E-state index in [0.717, 1.165) is 11.1 Å². The number of pyridine rings is 1. The van der Waals surface area contributed by atoms with Gasteiger partial charge in [0.05, 0.1) is 12.7 Å². The highest BCUT2D eigenvalue weighted by Crippen LogP contribution is 2.20. The SMILES string of the molecule is COC(=O)c1c(C)[nH]c2ncccc12. The van der Waals surface area contributed by atoms with Crippen LogP contribution in [-0.2, 0) is 4.74 Å². The summed E-state index contributed by atoms with van der Waals surface area (Å²) >= 11 is 0. The maximum atomic E-state index is 11.4. The standard InChI is InChI=1S/C10H10N2O2/c1-6-8(10(13)14-2)7-4-3-5-11-9(7)12-6/h3-5H,1-2H3,(H,11,12). The van der Waals surface area contributed by atoms with E-state index in [0.29, 0.717) is 11.2 Å². The number of nitrogens with zero attached hydrogens (tertiary/aromatic N) is 1. The van der Waals surface area contributed by atoms with Crippen molar-refractivity contribution in [2.24, 2.45) is 0 Å². The molecule has 2 rings (SSSR count). The van der Waals surface area contributed by atoms with Crippen molar-refractivity contribution in [3.8, 4) is 0 Å². The average molecular weight is 190 g/mol. The number of esters is 1. The summed E-state index contributed by atoms with van der Waals surface area (Å²) in [6.45, 7) is 1.83. The maximum Gasteiger partial charge on any atom is 0.340 e. The lowest BCUT2D eigenvalue weighted by atomic mass is 10.2. The largest absolute Gasteiger partial charge is 0.465 e. The van der Waals surface area contributed by atoms with Gasteiger partial charge in [-0.2, -0.15) is 0 Å². The second kappa shape index (κ2) is 3.14. The van der Waals surface area contributed by atoms with Crippen molar-refractivity contribution in [3.05, 3.63) is 29.6 Å². The smallest absolute Gasteiger partial charge is 0.340 e. The van der Waals surface area contributed by atoms with Gasteiger partial charge in [-0.15, -0.1) is 0 Å². The summed E-state index contributed by atoms with van der Waals surface area (Å²) in [5.41, 5.74) is 2.06. The molecule has 0 aliphatic rings. The zero-order valence-corrected chi connectivity index (χ0v) is 8.00. The first-order valence-corrected chi connectivity index (χ1v) is 4.25. The van der Waals surface area contributed by atoms with Crippen molar-refractivity contribution >= 4 is 17.0 Å². The van der Waals surface area contributed by atoms with Crippen molar-refractivity contribution in [1.82, 2.24) is 9.97 Å². The normalized spacial score (nSPS) is 10.4. The van der Waals surface area contributed by atoms with Gasteiger partial charge in [-0.3, -0.25) is 0 Å².